The molecule has 0 unspecified atom stereocenters. The van der Waals surface area contributed by atoms with E-state index in [-0.39, 0.29) is 36.5 Å². The normalized spacial score (nSPS) is 13.8. The lowest BCUT2D eigenvalue weighted by molar-refractivity contribution is 0.230. The van der Waals surface area contributed by atoms with Crippen molar-refractivity contribution in [3.8, 4) is 5.88 Å². The zero-order chi connectivity index (χ0) is 37.9. The third-order valence-electron chi connectivity index (χ3n) is 9.28. The maximum absolute atomic E-state index is 13.1. The molecule has 2 fully saturated rings. The third kappa shape index (κ3) is 7.79. The van der Waals surface area contributed by atoms with Crippen LogP contribution in [0, 0.1) is 0 Å². The Labute approximate surface area is 323 Å². The smallest absolute Gasteiger partial charge is 0.329 e. The van der Waals surface area contributed by atoms with Gasteiger partial charge in [-0.05, 0) is 62.1 Å². The maximum atomic E-state index is 13.1. The Hall–Kier alpha value is -5.70. The number of benzene rings is 2. The van der Waals surface area contributed by atoms with Crippen molar-refractivity contribution in [3.05, 3.63) is 123 Å². The van der Waals surface area contributed by atoms with Crippen LogP contribution < -0.4 is 16.1 Å². The summed E-state index contributed by atoms with van der Waals surface area (Å²) in [5.41, 5.74) is 5.01. The van der Waals surface area contributed by atoms with E-state index >= 15 is 0 Å². The van der Waals surface area contributed by atoms with Crippen LogP contribution in [0.2, 0.25) is 5.15 Å². The number of H-pyrrole nitrogens is 1. The zero-order valence-corrected chi connectivity index (χ0v) is 31.1. The number of fused-ring (bicyclic) bond motifs is 4. The number of aromatic amines is 1. The number of ether oxygens (including phenoxy) is 1. The number of halogens is 2. The fraction of sp³-hybridized carbons (Fsp3) is 0.282. The van der Waals surface area contributed by atoms with E-state index in [2.05, 4.69) is 34.9 Å². The summed E-state index contributed by atoms with van der Waals surface area (Å²) in [5, 5.41) is 11.2. The van der Waals surface area contributed by atoms with Crippen molar-refractivity contribution in [1.82, 2.24) is 48.6 Å². The number of aliphatic hydroxyl groups excluding tert-OH is 1. The minimum absolute atomic E-state index is 0.00880. The summed E-state index contributed by atoms with van der Waals surface area (Å²) < 4.78 is 11.2. The van der Waals surface area contributed by atoms with Crippen LogP contribution in [-0.2, 0) is 12.4 Å². The molecule has 14 nitrogen and oxygen atoms in total. The largest absolute Gasteiger partial charge is 0.477 e. The Morgan fingerprint density at radius 3 is 2.15 bits per heavy atom. The molecule has 10 rings (SSSR count). The summed E-state index contributed by atoms with van der Waals surface area (Å²) in [6.07, 6.45) is 11.6. The number of imidazole rings is 2. The van der Waals surface area contributed by atoms with Gasteiger partial charge in [0, 0.05) is 42.9 Å². The second-order valence-corrected chi connectivity index (χ2v) is 13.9. The lowest BCUT2D eigenvalue weighted by Gasteiger charge is -2.10. The molecule has 2 aliphatic rings. The quantitative estimate of drug-likeness (QED) is 0.0954. The van der Waals surface area contributed by atoms with Crippen LogP contribution >= 0.6 is 23.2 Å². The van der Waals surface area contributed by atoms with E-state index in [1.807, 2.05) is 69.8 Å². The molecule has 0 aliphatic heterocycles. The summed E-state index contributed by atoms with van der Waals surface area (Å²) >= 11 is 11.5. The average molecular weight is 780 g/mol. The monoisotopic (exact) mass is 778 g/mol. The van der Waals surface area contributed by atoms with Crippen LogP contribution in [0.4, 0.5) is 0 Å². The molecule has 0 bridgehead atoms. The summed E-state index contributed by atoms with van der Waals surface area (Å²) in [4.78, 5) is 53.1. The molecule has 8 aromatic rings. The SMILES string of the molecule is ClCc1nc(Cl)c2ccccc2n1.O=c1[nH]c2cnccc2n1C1CC1.O=c1n(Cc2nc(OCCCO)c3ccccc3n2)c2cnccc2n1C1CC1. The number of pyridine rings is 2. The topological polar surface area (TPSA) is 172 Å². The van der Waals surface area contributed by atoms with Gasteiger partial charge < -0.3 is 14.8 Å². The average Bonchev–Trinajstić information content (AvgIpc) is 4.16. The van der Waals surface area contributed by atoms with Crippen molar-refractivity contribution in [2.45, 2.75) is 56.6 Å². The molecule has 0 saturated heterocycles. The molecule has 2 N–H and O–H groups in total. The predicted molar refractivity (Wildman–Crippen MR) is 211 cm³/mol. The fourth-order valence-electron chi connectivity index (χ4n) is 6.43. The van der Waals surface area contributed by atoms with Gasteiger partial charge in [-0.2, -0.15) is 4.98 Å². The van der Waals surface area contributed by atoms with E-state index in [1.54, 1.807) is 29.4 Å². The van der Waals surface area contributed by atoms with Gasteiger partial charge in [0.05, 0.1) is 69.9 Å². The third-order valence-corrected chi connectivity index (χ3v) is 9.81. The maximum Gasteiger partial charge on any atom is 0.329 e. The molecule has 2 saturated carbocycles. The van der Waals surface area contributed by atoms with Gasteiger partial charge in [-0.1, -0.05) is 35.9 Å². The molecule has 2 aliphatic carbocycles. The molecule has 16 heteroatoms. The molecule has 55 heavy (non-hydrogen) atoms. The van der Waals surface area contributed by atoms with Gasteiger partial charge in [0.1, 0.15) is 11.0 Å². The van der Waals surface area contributed by atoms with Crippen LogP contribution in [0.15, 0.2) is 95.0 Å². The van der Waals surface area contributed by atoms with Gasteiger partial charge >= 0.3 is 11.4 Å². The second kappa shape index (κ2) is 16.0. The van der Waals surface area contributed by atoms with Crippen LogP contribution in [-0.4, -0.2) is 66.9 Å². The minimum atomic E-state index is -0.0602. The van der Waals surface area contributed by atoms with E-state index in [0.717, 1.165) is 69.6 Å². The highest BCUT2D eigenvalue weighted by Gasteiger charge is 2.29. The minimum Gasteiger partial charge on any atom is -0.477 e. The molecular weight excluding hydrogens is 743 g/mol. The molecule has 0 spiro atoms. The highest BCUT2D eigenvalue weighted by Crippen LogP contribution is 2.36. The molecule has 6 heterocycles. The number of aromatic nitrogens is 10. The van der Waals surface area contributed by atoms with E-state index in [0.29, 0.717) is 41.8 Å². The second-order valence-electron chi connectivity index (χ2n) is 13.2. The van der Waals surface area contributed by atoms with Crippen molar-refractivity contribution in [3.63, 3.8) is 0 Å². The molecule has 0 amide bonds. The number of aliphatic hydroxyl groups is 1. The molecule has 2 aromatic carbocycles. The number of nitrogens with zero attached hydrogens (tertiary/aromatic N) is 9. The van der Waals surface area contributed by atoms with Gasteiger partial charge in [-0.3, -0.25) is 23.7 Å². The van der Waals surface area contributed by atoms with Crippen molar-refractivity contribution >= 4 is 67.1 Å². The summed E-state index contributed by atoms with van der Waals surface area (Å²) in [5.74, 6) is 1.81. The van der Waals surface area contributed by atoms with Crippen molar-refractivity contribution in [2.24, 2.45) is 0 Å². The van der Waals surface area contributed by atoms with Crippen molar-refractivity contribution in [1.29, 1.82) is 0 Å². The molecular formula is C39H36Cl2N10O4. The molecule has 280 valence electrons. The standard InChI is InChI=1S/C21H21N5O3.C9H6Cl2N2.C9H9N3O/c27-10-3-11-29-20-15-4-1-2-5-16(15)23-19(24-20)13-25-18-12-22-9-8-17(18)26(21(25)28)14-6-7-14;10-5-8-12-7-4-2-1-3-6(7)9(11)13-8;13-9-11-7-5-10-4-3-8(7)12(9)6-1-2-6/h1-2,4-5,8-9,12,14,27H,3,6-7,10-11,13H2;1-4H,5H2;3-6H,1-2H2,(H,11,13). The highest BCUT2D eigenvalue weighted by atomic mass is 35.5. The summed E-state index contributed by atoms with van der Waals surface area (Å²) in [6.45, 7) is 0.655. The Morgan fingerprint density at radius 1 is 0.764 bits per heavy atom. The van der Waals surface area contributed by atoms with E-state index in [1.165, 1.54) is 0 Å². The number of hydrogen-bond acceptors (Lipinski definition) is 10. The Kier molecular flexibility index (Phi) is 10.5. The first-order valence-electron chi connectivity index (χ1n) is 18.0. The van der Waals surface area contributed by atoms with E-state index in [9.17, 15) is 9.59 Å². The predicted octanol–water partition coefficient (Wildman–Crippen LogP) is 6.37. The lowest BCUT2D eigenvalue weighted by Crippen LogP contribution is -2.25. The first-order chi connectivity index (χ1) is 26.9. The van der Waals surface area contributed by atoms with Gasteiger partial charge in [-0.15, -0.1) is 11.6 Å². The number of rotatable bonds is 9. The Bertz CT molecular complexity index is 2750. The number of para-hydroxylation sites is 2. The van der Waals surface area contributed by atoms with Gasteiger partial charge in [0.2, 0.25) is 5.88 Å². The molecule has 6 aromatic heterocycles. The molecule has 0 radical (unpaired) electrons. The zero-order valence-electron chi connectivity index (χ0n) is 29.6. The highest BCUT2D eigenvalue weighted by molar-refractivity contribution is 6.34. The van der Waals surface area contributed by atoms with Crippen LogP contribution in [0.1, 0.15) is 55.8 Å². The first-order valence-corrected chi connectivity index (χ1v) is 18.9. The Balaban J connectivity index is 0.000000135. The molecule has 0 atom stereocenters. The number of nitrogens with one attached hydrogen (secondary N) is 1. The number of alkyl halides is 1. The van der Waals surface area contributed by atoms with Gasteiger partial charge in [-0.25, -0.2) is 24.5 Å². The van der Waals surface area contributed by atoms with Crippen LogP contribution in [0.25, 0.3) is 43.9 Å². The van der Waals surface area contributed by atoms with Crippen molar-refractivity contribution in [2.75, 3.05) is 13.2 Å². The Morgan fingerprint density at radius 2 is 1.42 bits per heavy atom. The van der Waals surface area contributed by atoms with E-state index < -0.39 is 0 Å². The van der Waals surface area contributed by atoms with Gasteiger partial charge in [0.25, 0.3) is 0 Å². The first kappa shape index (κ1) is 36.3. The number of hydrogen-bond donors (Lipinski definition) is 2. The lowest BCUT2D eigenvalue weighted by atomic mass is 10.2. The van der Waals surface area contributed by atoms with Crippen LogP contribution in [0.3, 0.4) is 0 Å². The fourth-order valence-corrected chi connectivity index (χ4v) is 6.81. The van der Waals surface area contributed by atoms with Crippen LogP contribution in [0.5, 0.6) is 5.88 Å². The van der Waals surface area contributed by atoms with Gasteiger partial charge in [0.15, 0.2) is 5.82 Å². The summed E-state index contributed by atoms with van der Waals surface area (Å²) in [6, 6.07) is 19.7. The van der Waals surface area contributed by atoms with Crippen molar-refractivity contribution < 1.29 is 9.84 Å². The van der Waals surface area contributed by atoms with E-state index in [4.69, 9.17) is 33.0 Å². The summed E-state index contributed by atoms with van der Waals surface area (Å²) in [7, 11) is 0.